The number of pyridine rings is 1. The first-order valence-electron chi connectivity index (χ1n) is 6.64. The van der Waals surface area contributed by atoms with Gasteiger partial charge >= 0.3 is 0 Å². The van der Waals surface area contributed by atoms with Gasteiger partial charge in [-0.15, -0.1) is 0 Å². The minimum atomic E-state index is -0.172. The number of nitrogens with zero attached hydrogens (tertiary/aromatic N) is 1. The number of hydrogen-bond acceptors (Lipinski definition) is 3. The van der Waals surface area contributed by atoms with Crippen molar-refractivity contribution < 1.29 is 4.79 Å². The number of amides is 1. The first-order valence-corrected chi connectivity index (χ1v) is 6.64. The first-order chi connectivity index (χ1) is 10.1. The van der Waals surface area contributed by atoms with Gasteiger partial charge in [0, 0.05) is 16.8 Å². The number of hydrogen-bond donors (Lipinski definition) is 2. The summed E-state index contributed by atoms with van der Waals surface area (Å²) in [7, 11) is 0. The maximum atomic E-state index is 12.3. The van der Waals surface area contributed by atoms with Crippen LogP contribution in [0.25, 0.3) is 0 Å². The summed E-state index contributed by atoms with van der Waals surface area (Å²) in [6.07, 6.45) is 1.64. The van der Waals surface area contributed by atoms with E-state index in [2.05, 4.69) is 22.1 Å². The minimum absolute atomic E-state index is 0.172. The van der Waals surface area contributed by atoms with Crippen LogP contribution in [-0.4, -0.2) is 17.4 Å². The number of rotatable bonds is 2. The number of nitrogens with two attached hydrogens (primary N) is 1. The number of carbonyl (C=O) groups excluding carboxylic acids is 1. The summed E-state index contributed by atoms with van der Waals surface area (Å²) in [5.74, 6) is 5.54. The van der Waals surface area contributed by atoms with Crippen molar-refractivity contribution in [2.45, 2.75) is 13.8 Å². The number of aryl methyl sites for hydroxylation is 2. The second-order valence-corrected chi connectivity index (χ2v) is 4.68. The molecule has 0 aliphatic heterocycles. The van der Waals surface area contributed by atoms with E-state index in [9.17, 15) is 4.79 Å². The molecule has 0 aliphatic rings. The van der Waals surface area contributed by atoms with Gasteiger partial charge in [-0.3, -0.25) is 9.78 Å². The van der Waals surface area contributed by atoms with Gasteiger partial charge in [0.2, 0.25) is 0 Å². The van der Waals surface area contributed by atoms with Crippen molar-refractivity contribution in [1.82, 2.24) is 4.98 Å². The molecular formula is C17H17N3O. The van der Waals surface area contributed by atoms with E-state index in [1.165, 1.54) is 0 Å². The van der Waals surface area contributed by atoms with Gasteiger partial charge in [-0.05, 0) is 43.7 Å². The fourth-order valence-electron chi connectivity index (χ4n) is 1.84. The van der Waals surface area contributed by atoms with Crippen molar-refractivity contribution in [2.24, 2.45) is 5.73 Å². The van der Waals surface area contributed by atoms with Crippen LogP contribution in [0.5, 0.6) is 0 Å². The molecular weight excluding hydrogens is 262 g/mol. The average Bonchev–Trinajstić information content (AvgIpc) is 2.48. The molecule has 3 N–H and O–H groups in total. The van der Waals surface area contributed by atoms with E-state index < -0.39 is 0 Å². The van der Waals surface area contributed by atoms with Crippen LogP contribution in [0, 0.1) is 25.7 Å². The van der Waals surface area contributed by atoms with Crippen LogP contribution in [0.3, 0.4) is 0 Å². The summed E-state index contributed by atoms with van der Waals surface area (Å²) in [4.78, 5) is 16.5. The Morgan fingerprint density at radius 1 is 1.29 bits per heavy atom. The van der Waals surface area contributed by atoms with Crippen molar-refractivity contribution in [2.75, 3.05) is 11.9 Å². The quantitative estimate of drug-likeness (QED) is 0.829. The smallest absolute Gasteiger partial charge is 0.256 e. The lowest BCUT2D eigenvalue weighted by atomic mass is 10.0. The van der Waals surface area contributed by atoms with Crippen molar-refractivity contribution >= 4 is 11.6 Å². The molecule has 21 heavy (non-hydrogen) atoms. The molecule has 0 saturated heterocycles. The Hall–Kier alpha value is -2.64. The fourth-order valence-corrected chi connectivity index (χ4v) is 1.84. The highest BCUT2D eigenvalue weighted by Gasteiger charge is 2.10. The largest absolute Gasteiger partial charge is 0.321 e. The molecule has 4 heteroatoms. The Labute approximate surface area is 124 Å². The fraction of sp³-hybridized carbons (Fsp3) is 0.176. The molecule has 0 atom stereocenters. The van der Waals surface area contributed by atoms with Crippen LogP contribution >= 0.6 is 0 Å². The minimum Gasteiger partial charge on any atom is -0.321 e. The lowest BCUT2D eigenvalue weighted by Gasteiger charge is -2.08. The molecule has 2 aromatic rings. The molecule has 1 aromatic carbocycles. The summed E-state index contributed by atoms with van der Waals surface area (Å²) < 4.78 is 0. The van der Waals surface area contributed by atoms with Crippen molar-refractivity contribution in [1.29, 1.82) is 0 Å². The van der Waals surface area contributed by atoms with Gasteiger partial charge in [-0.1, -0.05) is 17.9 Å². The highest BCUT2D eigenvalue weighted by molar-refractivity contribution is 6.05. The first kappa shape index (κ1) is 14.8. The molecule has 0 bridgehead atoms. The van der Waals surface area contributed by atoms with Gasteiger partial charge in [-0.25, -0.2) is 0 Å². The molecule has 1 aromatic heterocycles. The molecule has 2 rings (SSSR count). The van der Waals surface area contributed by atoms with Crippen LogP contribution in [0.1, 0.15) is 27.2 Å². The third-order valence-electron chi connectivity index (χ3n) is 2.99. The van der Waals surface area contributed by atoms with Gasteiger partial charge < -0.3 is 11.1 Å². The number of nitrogens with one attached hydrogen (secondary N) is 1. The standard InChI is InChI=1S/C17H17N3O/c1-12-5-7-14(4-3-9-18)10-16(12)17(21)20-15-8-6-13(2)19-11-15/h5-8,10-11H,9,18H2,1-2H3,(H,20,21). The number of benzene rings is 1. The van der Waals surface area contributed by atoms with E-state index in [4.69, 9.17) is 5.73 Å². The van der Waals surface area contributed by atoms with Gasteiger partial charge in [0.25, 0.3) is 5.91 Å². The molecule has 1 heterocycles. The number of anilines is 1. The van der Waals surface area contributed by atoms with E-state index in [-0.39, 0.29) is 5.91 Å². The molecule has 0 aliphatic carbocycles. The summed E-state index contributed by atoms with van der Waals surface area (Å²) in [6, 6.07) is 9.21. The maximum Gasteiger partial charge on any atom is 0.256 e. The third-order valence-corrected chi connectivity index (χ3v) is 2.99. The van der Waals surface area contributed by atoms with Crippen LogP contribution < -0.4 is 11.1 Å². The molecule has 0 unspecified atom stereocenters. The SMILES string of the molecule is Cc1ccc(NC(=O)c2cc(C#CCN)ccc2C)cn1. The zero-order valence-electron chi connectivity index (χ0n) is 12.1. The van der Waals surface area contributed by atoms with Gasteiger partial charge in [0.1, 0.15) is 0 Å². The Kier molecular flexibility index (Phi) is 4.70. The Morgan fingerprint density at radius 3 is 2.76 bits per heavy atom. The number of aromatic nitrogens is 1. The molecule has 0 saturated carbocycles. The highest BCUT2D eigenvalue weighted by atomic mass is 16.1. The van der Waals surface area contributed by atoms with Gasteiger partial charge in [-0.2, -0.15) is 0 Å². The summed E-state index contributed by atoms with van der Waals surface area (Å²) in [6.45, 7) is 4.09. The van der Waals surface area contributed by atoms with E-state index in [0.29, 0.717) is 17.8 Å². The molecule has 0 spiro atoms. The van der Waals surface area contributed by atoms with Gasteiger partial charge in [0.05, 0.1) is 18.4 Å². The second kappa shape index (κ2) is 6.69. The highest BCUT2D eigenvalue weighted by Crippen LogP contribution is 2.14. The summed E-state index contributed by atoms with van der Waals surface area (Å²) in [5, 5.41) is 2.84. The van der Waals surface area contributed by atoms with Crippen molar-refractivity contribution in [3.63, 3.8) is 0 Å². The van der Waals surface area contributed by atoms with Crippen LogP contribution in [0.4, 0.5) is 5.69 Å². The van der Waals surface area contributed by atoms with Crippen molar-refractivity contribution in [3.05, 3.63) is 58.9 Å². The second-order valence-electron chi connectivity index (χ2n) is 4.68. The summed E-state index contributed by atoms with van der Waals surface area (Å²) in [5.41, 5.74) is 9.20. The van der Waals surface area contributed by atoms with E-state index in [1.807, 2.05) is 38.1 Å². The number of carbonyl (C=O) groups is 1. The normalized spacial score (nSPS) is 9.67. The maximum absolute atomic E-state index is 12.3. The van der Waals surface area contributed by atoms with Crippen molar-refractivity contribution in [3.8, 4) is 11.8 Å². The molecule has 1 amide bonds. The zero-order chi connectivity index (χ0) is 15.2. The van der Waals surface area contributed by atoms with Crippen LogP contribution in [-0.2, 0) is 0 Å². The lowest BCUT2D eigenvalue weighted by molar-refractivity contribution is 0.102. The average molecular weight is 279 g/mol. The lowest BCUT2D eigenvalue weighted by Crippen LogP contribution is -2.13. The summed E-state index contributed by atoms with van der Waals surface area (Å²) >= 11 is 0. The van der Waals surface area contributed by atoms with Gasteiger partial charge in [0.15, 0.2) is 0 Å². The predicted molar refractivity (Wildman–Crippen MR) is 84.0 cm³/mol. The Bertz CT molecular complexity index is 709. The zero-order valence-corrected chi connectivity index (χ0v) is 12.1. The topological polar surface area (TPSA) is 68.0 Å². The third kappa shape index (κ3) is 3.91. The van der Waals surface area contributed by atoms with E-state index in [0.717, 1.165) is 16.8 Å². The monoisotopic (exact) mass is 279 g/mol. The van der Waals surface area contributed by atoms with E-state index >= 15 is 0 Å². The Balaban J connectivity index is 2.23. The molecule has 0 fully saturated rings. The predicted octanol–water partition coefficient (Wildman–Crippen LogP) is 2.26. The Morgan fingerprint density at radius 2 is 2.10 bits per heavy atom. The van der Waals surface area contributed by atoms with Crippen LogP contribution in [0.15, 0.2) is 36.5 Å². The van der Waals surface area contributed by atoms with Crippen LogP contribution in [0.2, 0.25) is 0 Å². The molecule has 0 radical (unpaired) electrons. The molecule has 4 nitrogen and oxygen atoms in total. The molecule has 106 valence electrons. The van der Waals surface area contributed by atoms with E-state index in [1.54, 1.807) is 12.3 Å².